The van der Waals surface area contributed by atoms with E-state index < -0.39 is 17.7 Å². The Morgan fingerprint density at radius 1 is 1.48 bits per heavy atom. The van der Waals surface area contributed by atoms with Crippen LogP contribution in [-0.4, -0.2) is 22.0 Å². The second-order valence-corrected chi connectivity index (χ2v) is 6.04. The number of nitrogens with zero attached hydrogens (tertiary/aromatic N) is 1. The van der Waals surface area contributed by atoms with Gasteiger partial charge >= 0.3 is 5.97 Å². The molecule has 1 heterocycles. The van der Waals surface area contributed by atoms with Gasteiger partial charge in [-0.15, -0.1) is 11.3 Å². The number of carbonyl (C=O) groups is 2. The van der Waals surface area contributed by atoms with Gasteiger partial charge < -0.3 is 10.4 Å². The van der Waals surface area contributed by atoms with Gasteiger partial charge in [0.25, 0.3) is 5.91 Å². The third kappa shape index (κ3) is 3.45. The predicted molar refractivity (Wildman–Crippen MR) is 79.1 cm³/mol. The Bertz CT molecular complexity index is 697. The van der Waals surface area contributed by atoms with Crippen LogP contribution < -0.4 is 5.32 Å². The Hall–Kier alpha value is -1.80. The fourth-order valence-electron chi connectivity index (χ4n) is 1.69. The van der Waals surface area contributed by atoms with Gasteiger partial charge in [-0.2, -0.15) is 0 Å². The summed E-state index contributed by atoms with van der Waals surface area (Å²) in [6.07, 6.45) is 0. The number of carboxylic acid groups (broad SMARTS) is 1. The highest BCUT2D eigenvalue weighted by Crippen LogP contribution is 2.21. The van der Waals surface area contributed by atoms with Gasteiger partial charge in [0.05, 0.1) is 17.8 Å². The molecule has 0 atom stereocenters. The van der Waals surface area contributed by atoms with Crippen LogP contribution in [0.4, 0.5) is 4.39 Å². The van der Waals surface area contributed by atoms with Gasteiger partial charge in [0.15, 0.2) is 0 Å². The molecule has 2 N–H and O–H groups in total. The van der Waals surface area contributed by atoms with Crippen molar-refractivity contribution >= 4 is 39.1 Å². The summed E-state index contributed by atoms with van der Waals surface area (Å²) in [6.45, 7) is 1.62. The number of carboxylic acids is 1. The SMILES string of the molecule is Cc1nc(CNC(=O)c2c(F)cccc2Br)sc1C(=O)O. The monoisotopic (exact) mass is 372 g/mol. The van der Waals surface area contributed by atoms with Gasteiger partial charge in [-0.3, -0.25) is 4.79 Å². The van der Waals surface area contributed by atoms with E-state index in [1.807, 2.05) is 0 Å². The van der Waals surface area contributed by atoms with E-state index in [1.54, 1.807) is 13.0 Å². The average molecular weight is 373 g/mol. The molecule has 110 valence electrons. The second kappa shape index (κ2) is 6.31. The Morgan fingerprint density at radius 3 is 2.76 bits per heavy atom. The first-order valence-corrected chi connectivity index (χ1v) is 7.43. The first-order valence-electron chi connectivity index (χ1n) is 5.82. The molecule has 8 heteroatoms. The van der Waals surface area contributed by atoms with Gasteiger partial charge in [-0.1, -0.05) is 6.07 Å². The molecule has 0 radical (unpaired) electrons. The van der Waals surface area contributed by atoms with Crippen LogP contribution in [0.25, 0.3) is 0 Å². The zero-order valence-corrected chi connectivity index (χ0v) is 13.2. The third-order valence-corrected chi connectivity index (χ3v) is 4.43. The van der Waals surface area contributed by atoms with E-state index >= 15 is 0 Å². The number of nitrogens with one attached hydrogen (secondary N) is 1. The molecule has 0 unspecified atom stereocenters. The summed E-state index contributed by atoms with van der Waals surface area (Å²) in [6, 6.07) is 4.24. The van der Waals surface area contributed by atoms with Gasteiger partial charge in [0.2, 0.25) is 0 Å². The van der Waals surface area contributed by atoms with Gasteiger partial charge in [0, 0.05) is 4.47 Å². The number of benzene rings is 1. The second-order valence-electron chi connectivity index (χ2n) is 4.11. The van der Waals surface area contributed by atoms with Crippen molar-refractivity contribution in [3.05, 3.63) is 49.6 Å². The molecule has 0 bridgehead atoms. The largest absolute Gasteiger partial charge is 0.477 e. The number of rotatable bonds is 4. The van der Waals surface area contributed by atoms with Crippen molar-refractivity contribution in [3.8, 4) is 0 Å². The summed E-state index contributed by atoms with van der Waals surface area (Å²) in [5.41, 5.74) is 0.299. The van der Waals surface area contributed by atoms with Crippen LogP contribution in [0.1, 0.15) is 30.7 Å². The van der Waals surface area contributed by atoms with Crippen molar-refractivity contribution in [2.24, 2.45) is 0 Å². The predicted octanol–water partition coefficient (Wildman–Crippen LogP) is 2.98. The third-order valence-electron chi connectivity index (χ3n) is 2.63. The standard InChI is InChI=1S/C13H10BrFN2O3S/c1-6-11(13(19)20)21-9(17-6)5-16-12(18)10-7(14)3-2-4-8(10)15/h2-4H,5H2,1H3,(H,16,18)(H,19,20). The molecule has 0 saturated carbocycles. The van der Waals surface area contributed by atoms with Gasteiger partial charge in [0.1, 0.15) is 15.7 Å². The van der Waals surface area contributed by atoms with Crippen molar-refractivity contribution < 1.29 is 19.1 Å². The van der Waals surface area contributed by atoms with E-state index in [1.165, 1.54) is 12.1 Å². The first kappa shape index (κ1) is 15.6. The summed E-state index contributed by atoms with van der Waals surface area (Å²) >= 11 is 4.10. The minimum Gasteiger partial charge on any atom is -0.477 e. The average Bonchev–Trinajstić information content (AvgIpc) is 2.77. The number of amides is 1. The van der Waals surface area contributed by atoms with Gasteiger partial charge in [-0.05, 0) is 35.0 Å². The van der Waals surface area contributed by atoms with E-state index in [4.69, 9.17) is 5.11 Å². The van der Waals surface area contributed by atoms with Crippen molar-refractivity contribution in [1.29, 1.82) is 0 Å². The number of hydrogen-bond donors (Lipinski definition) is 2. The maximum Gasteiger partial charge on any atom is 0.347 e. The van der Waals surface area contributed by atoms with Crippen LogP contribution in [0.3, 0.4) is 0 Å². The summed E-state index contributed by atoms with van der Waals surface area (Å²) < 4.78 is 14.0. The van der Waals surface area contributed by atoms with E-state index in [0.717, 1.165) is 11.3 Å². The number of carbonyl (C=O) groups excluding carboxylic acids is 1. The van der Waals surface area contributed by atoms with Crippen LogP contribution in [-0.2, 0) is 6.54 Å². The molecule has 5 nitrogen and oxygen atoms in total. The summed E-state index contributed by atoms with van der Waals surface area (Å²) in [4.78, 5) is 27.1. The lowest BCUT2D eigenvalue weighted by atomic mass is 10.2. The molecule has 21 heavy (non-hydrogen) atoms. The molecule has 2 aromatic rings. The van der Waals surface area contributed by atoms with E-state index in [-0.39, 0.29) is 17.0 Å². The van der Waals surface area contributed by atoms with E-state index in [2.05, 4.69) is 26.2 Å². The maximum absolute atomic E-state index is 13.6. The Kier molecular flexibility index (Phi) is 4.69. The quantitative estimate of drug-likeness (QED) is 0.864. The zero-order chi connectivity index (χ0) is 15.6. The van der Waals surface area contributed by atoms with Crippen molar-refractivity contribution in [2.45, 2.75) is 13.5 Å². The van der Waals surface area contributed by atoms with Crippen LogP contribution in [0.2, 0.25) is 0 Å². The molecule has 0 fully saturated rings. The number of aromatic nitrogens is 1. The molecule has 0 aliphatic heterocycles. The first-order chi connectivity index (χ1) is 9.90. The topological polar surface area (TPSA) is 79.3 Å². The lowest BCUT2D eigenvalue weighted by Gasteiger charge is -2.06. The van der Waals surface area contributed by atoms with E-state index in [9.17, 15) is 14.0 Å². The van der Waals surface area contributed by atoms with Crippen LogP contribution in [0.15, 0.2) is 22.7 Å². The minimum absolute atomic E-state index is 0.0401. The number of hydrogen-bond acceptors (Lipinski definition) is 4. The Balaban J connectivity index is 2.11. The minimum atomic E-state index is -1.06. The molecule has 0 aliphatic rings. The number of aromatic carboxylic acids is 1. The maximum atomic E-state index is 13.6. The molecule has 1 aromatic heterocycles. The highest BCUT2D eigenvalue weighted by atomic mass is 79.9. The molecule has 0 aliphatic carbocycles. The lowest BCUT2D eigenvalue weighted by molar-refractivity contribution is 0.0701. The molecule has 1 aromatic carbocycles. The number of thiazole rings is 1. The fraction of sp³-hybridized carbons (Fsp3) is 0.154. The zero-order valence-electron chi connectivity index (χ0n) is 10.8. The Morgan fingerprint density at radius 2 is 2.19 bits per heavy atom. The molecular formula is C13H10BrFN2O3S. The van der Waals surface area contributed by atoms with Crippen molar-refractivity contribution in [1.82, 2.24) is 10.3 Å². The molecule has 0 saturated heterocycles. The highest BCUT2D eigenvalue weighted by molar-refractivity contribution is 9.10. The highest BCUT2D eigenvalue weighted by Gasteiger charge is 2.17. The number of aryl methyl sites for hydroxylation is 1. The smallest absolute Gasteiger partial charge is 0.347 e. The summed E-state index contributed by atoms with van der Waals surface area (Å²) in [7, 11) is 0. The van der Waals surface area contributed by atoms with Crippen LogP contribution in [0, 0.1) is 12.7 Å². The van der Waals surface area contributed by atoms with E-state index in [0.29, 0.717) is 15.2 Å². The van der Waals surface area contributed by atoms with Crippen molar-refractivity contribution in [2.75, 3.05) is 0 Å². The van der Waals surface area contributed by atoms with Crippen molar-refractivity contribution in [3.63, 3.8) is 0 Å². The molecule has 0 spiro atoms. The summed E-state index contributed by atoms with van der Waals surface area (Å²) in [5.74, 6) is -2.28. The summed E-state index contributed by atoms with van der Waals surface area (Å²) in [5, 5.41) is 11.9. The van der Waals surface area contributed by atoms with Gasteiger partial charge in [-0.25, -0.2) is 14.2 Å². The molecular weight excluding hydrogens is 363 g/mol. The Labute approximate surface area is 132 Å². The fourth-order valence-corrected chi connectivity index (χ4v) is 3.05. The molecule has 1 amide bonds. The van der Waals surface area contributed by atoms with Crippen LogP contribution in [0.5, 0.6) is 0 Å². The van der Waals surface area contributed by atoms with Crippen LogP contribution >= 0.6 is 27.3 Å². The molecule has 2 rings (SSSR count). The normalized spacial score (nSPS) is 10.4. The number of halogens is 2. The lowest BCUT2D eigenvalue weighted by Crippen LogP contribution is -2.24.